The molecular weight excluding hydrogens is 194 g/mol. The Morgan fingerprint density at radius 2 is 2.08 bits per heavy atom. The standard InChI is InChI=1S/C6H7F4NO2/c7-4(6(8,9)10)5(12)11-2-1-3-13-11/h4H,1-3H2. The molecule has 0 saturated carbocycles. The molecule has 0 N–H and O–H groups in total. The first-order valence-electron chi connectivity index (χ1n) is 3.58. The van der Waals surface area contributed by atoms with Gasteiger partial charge in [0, 0.05) is 0 Å². The number of nitrogens with zero attached hydrogens (tertiary/aromatic N) is 1. The summed E-state index contributed by atoms with van der Waals surface area (Å²) in [5.41, 5.74) is 0. The van der Waals surface area contributed by atoms with Crippen molar-refractivity contribution in [2.45, 2.75) is 18.8 Å². The van der Waals surface area contributed by atoms with Crippen LogP contribution in [0.1, 0.15) is 6.42 Å². The largest absolute Gasteiger partial charge is 0.428 e. The molecule has 3 nitrogen and oxygen atoms in total. The Bertz CT molecular complexity index is 199. The molecule has 1 heterocycles. The van der Waals surface area contributed by atoms with Crippen LogP contribution in [-0.4, -0.2) is 36.5 Å². The van der Waals surface area contributed by atoms with Crippen molar-refractivity contribution >= 4 is 5.91 Å². The van der Waals surface area contributed by atoms with E-state index in [0.29, 0.717) is 11.5 Å². The topological polar surface area (TPSA) is 29.5 Å². The highest BCUT2D eigenvalue weighted by Gasteiger charge is 2.48. The molecule has 76 valence electrons. The van der Waals surface area contributed by atoms with E-state index in [1.54, 1.807) is 0 Å². The number of halogens is 4. The van der Waals surface area contributed by atoms with Gasteiger partial charge in [-0.2, -0.15) is 13.2 Å². The van der Waals surface area contributed by atoms with Crippen molar-refractivity contribution in [3.8, 4) is 0 Å². The molecule has 0 aliphatic carbocycles. The van der Waals surface area contributed by atoms with Gasteiger partial charge in [0.15, 0.2) is 0 Å². The monoisotopic (exact) mass is 201 g/mol. The lowest BCUT2D eigenvalue weighted by atomic mass is 10.3. The third-order valence-electron chi connectivity index (χ3n) is 1.50. The van der Waals surface area contributed by atoms with Crippen molar-refractivity contribution in [3.63, 3.8) is 0 Å². The van der Waals surface area contributed by atoms with Crippen LogP contribution in [0.25, 0.3) is 0 Å². The Kier molecular flexibility index (Phi) is 2.74. The minimum Gasteiger partial charge on any atom is -0.271 e. The molecule has 1 fully saturated rings. The summed E-state index contributed by atoms with van der Waals surface area (Å²) in [6.45, 7) is 0.158. The second-order valence-electron chi connectivity index (χ2n) is 2.53. The molecule has 0 aromatic rings. The molecular formula is C6H7F4NO2. The van der Waals surface area contributed by atoms with Crippen LogP contribution in [0.5, 0.6) is 0 Å². The van der Waals surface area contributed by atoms with Gasteiger partial charge < -0.3 is 0 Å². The van der Waals surface area contributed by atoms with Gasteiger partial charge in [0.2, 0.25) is 0 Å². The molecule has 1 aliphatic rings. The zero-order valence-electron chi connectivity index (χ0n) is 6.47. The predicted octanol–water partition coefficient (Wildman–Crippen LogP) is 1.05. The first kappa shape index (κ1) is 10.2. The first-order valence-corrected chi connectivity index (χ1v) is 3.58. The van der Waals surface area contributed by atoms with Crippen LogP contribution in [0.15, 0.2) is 0 Å². The van der Waals surface area contributed by atoms with Crippen LogP contribution in [0.3, 0.4) is 0 Å². The summed E-state index contributed by atoms with van der Waals surface area (Å²) in [6, 6.07) is 0. The van der Waals surface area contributed by atoms with Crippen LogP contribution in [-0.2, 0) is 9.63 Å². The lowest BCUT2D eigenvalue weighted by Crippen LogP contribution is -2.42. The molecule has 13 heavy (non-hydrogen) atoms. The Labute approximate surface area is 71.2 Å². The van der Waals surface area contributed by atoms with E-state index < -0.39 is 18.3 Å². The van der Waals surface area contributed by atoms with E-state index >= 15 is 0 Å². The molecule has 1 unspecified atom stereocenters. The normalized spacial score (nSPS) is 20.5. The maximum absolute atomic E-state index is 12.4. The second kappa shape index (κ2) is 3.49. The van der Waals surface area contributed by atoms with Gasteiger partial charge in [-0.3, -0.25) is 9.63 Å². The van der Waals surface area contributed by atoms with E-state index in [9.17, 15) is 22.4 Å². The van der Waals surface area contributed by atoms with Gasteiger partial charge in [-0.25, -0.2) is 9.45 Å². The van der Waals surface area contributed by atoms with Crippen molar-refractivity contribution in [2.75, 3.05) is 13.2 Å². The molecule has 1 atom stereocenters. The maximum atomic E-state index is 12.4. The fourth-order valence-electron chi connectivity index (χ4n) is 0.888. The summed E-state index contributed by atoms with van der Waals surface area (Å²) in [5, 5.41) is 0.415. The van der Waals surface area contributed by atoms with Gasteiger partial charge in [-0.15, -0.1) is 0 Å². The predicted molar refractivity (Wildman–Crippen MR) is 33.2 cm³/mol. The highest BCUT2D eigenvalue weighted by Crippen LogP contribution is 2.25. The Balaban J connectivity index is 2.56. The summed E-state index contributed by atoms with van der Waals surface area (Å²) in [5.74, 6) is -1.68. The first-order chi connectivity index (χ1) is 5.93. The Morgan fingerprint density at radius 1 is 1.46 bits per heavy atom. The molecule has 0 bridgehead atoms. The highest BCUT2D eigenvalue weighted by atomic mass is 19.4. The maximum Gasteiger partial charge on any atom is 0.428 e. The molecule has 0 aromatic carbocycles. The molecule has 1 aliphatic heterocycles. The molecule has 7 heteroatoms. The van der Waals surface area contributed by atoms with E-state index in [4.69, 9.17) is 0 Å². The van der Waals surface area contributed by atoms with E-state index in [1.807, 2.05) is 0 Å². The number of hydrogen-bond acceptors (Lipinski definition) is 2. The summed E-state index contributed by atoms with van der Waals surface area (Å²) in [7, 11) is 0. The number of alkyl halides is 4. The van der Waals surface area contributed by atoms with E-state index in [2.05, 4.69) is 4.84 Å². The minimum absolute atomic E-state index is 0.00926. The lowest BCUT2D eigenvalue weighted by Gasteiger charge is -2.17. The molecule has 1 saturated heterocycles. The van der Waals surface area contributed by atoms with Gasteiger partial charge >= 0.3 is 6.18 Å². The van der Waals surface area contributed by atoms with E-state index in [-0.39, 0.29) is 13.2 Å². The van der Waals surface area contributed by atoms with Crippen molar-refractivity contribution in [1.82, 2.24) is 5.06 Å². The number of rotatable bonds is 1. The van der Waals surface area contributed by atoms with Gasteiger partial charge in [0.25, 0.3) is 12.1 Å². The van der Waals surface area contributed by atoms with Crippen LogP contribution in [0.2, 0.25) is 0 Å². The zero-order valence-corrected chi connectivity index (χ0v) is 6.47. The lowest BCUT2D eigenvalue weighted by molar-refractivity contribution is -0.213. The number of amides is 1. The molecule has 0 spiro atoms. The number of hydroxylamine groups is 2. The Hall–Kier alpha value is -0.850. The quantitative estimate of drug-likeness (QED) is 0.593. The third-order valence-corrected chi connectivity index (χ3v) is 1.50. The molecule has 0 radical (unpaired) electrons. The van der Waals surface area contributed by atoms with Gasteiger partial charge in [0.1, 0.15) is 0 Å². The van der Waals surface area contributed by atoms with E-state index in [1.165, 1.54) is 0 Å². The number of carbonyl (C=O) groups is 1. The summed E-state index contributed by atoms with van der Waals surface area (Å²) >= 11 is 0. The second-order valence-corrected chi connectivity index (χ2v) is 2.53. The van der Waals surface area contributed by atoms with Crippen LogP contribution < -0.4 is 0 Å². The zero-order chi connectivity index (χ0) is 10.1. The summed E-state index contributed by atoms with van der Waals surface area (Å²) < 4.78 is 47.4. The third kappa shape index (κ3) is 2.30. The number of hydrogen-bond donors (Lipinski definition) is 0. The SMILES string of the molecule is O=C(C(F)C(F)(F)F)N1CCCO1. The van der Waals surface area contributed by atoms with Crippen LogP contribution in [0, 0.1) is 0 Å². The number of carbonyl (C=O) groups excluding carboxylic acids is 1. The van der Waals surface area contributed by atoms with Crippen molar-refractivity contribution in [2.24, 2.45) is 0 Å². The van der Waals surface area contributed by atoms with Crippen molar-refractivity contribution in [3.05, 3.63) is 0 Å². The van der Waals surface area contributed by atoms with E-state index in [0.717, 1.165) is 0 Å². The smallest absolute Gasteiger partial charge is 0.271 e. The Morgan fingerprint density at radius 3 is 2.46 bits per heavy atom. The molecule has 1 amide bonds. The van der Waals surface area contributed by atoms with Crippen molar-refractivity contribution in [1.29, 1.82) is 0 Å². The van der Waals surface area contributed by atoms with Crippen molar-refractivity contribution < 1.29 is 27.2 Å². The highest BCUT2D eigenvalue weighted by molar-refractivity contribution is 5.80. The summed E-state index contributed by atoms with van der Waals surface area (Å²) in [6.07, 6.45) is -8.20. The summed E-state index contributed by atoms with van der Waals surface area (Å²) in [4.78, 5) is 15.2. The van der Waals surface area contributed by atoms with Crippen LogP contribution in [0.4, 0.5) is 17.6 Å². The van der Waals surface area contributed by atoms with Gasteiger partial charge in [-0.1, -0.05) is 0 Å². The van der Waals surface area contributed by atoms with Crippen LogP contribution >= 0.6 is 0 Å². The minimum atomic E-state index is -5.15. The fraction of sp³-hybridized carbons (Fsp3) is 0.833. The average Bonchev–Trinajstić information content (AvgIpc) is 2.51. The average molecular weight is 201 g/mol. The molecule has 0 aromatic heterocycles. The molecule has 1 rings (SSSR count). The fourth-order valence-corrected chi connectivity index (χ4v) is 0.888. The van der Waals surface area contributed by atoms with Gasteiger partial charge in [-0.05, 0) is 6.42 Å². The van der Waals surface area contributed by atoms with Gasteiger partial charge in [0.05, 0.1) is 13.2 Å².